The van der Waals surface area contributed by atoms with E-state index in [9.17, 15) is 18.0 Å². The number of carbonyl (C=O) groups is 1. The van der Waals surface area contributed by atoms with Gasteiger partial charge in [0.15, 0.2) is 0 Å². The number of piperazine rings is 1. The molecule has 10 heteroatoms. The third-order valence-electron chi connectivity index (χ3n) is 8.96. The third-order valence-corrected chi connectivity index (χ3v) is 8.96. The summed E-state index contributed by atoms with van der Waals surface area (Å²) >= 11 is 0. The molecule has 6 atom stereocenters. The minimum absolute atomic E-state index is 0.00394. The lowest BCUT2D eigenvalue weighted by Crippen LogP contribution is -2.53. The molecule has 4 aliphatic rings. The summed E-state index contributed by atoms with van der Waals surface area (Å²) in [4.78, 5) is 25.3. The van der Waals surface area contributed by atoms with Crippen LogP contribution in [0.3, 0.4) is 0 Å². The van der Waals surface area contributed by atoms with Gasteiger partial charge in [-0.1, -0.05) is 6.92 Å². The fourth-order valence-electron chi connectivity index (χ4n) is 6.98. The van der Waals surface area contributed by atoms with Gasteiger partial charge in [0.2, 0.25) is 5.91 Å². The van der Waals surface area contributed by atoms with E-state index in [0.717, 1.165) is 63.9 Å². The van der Waals surface area contributed by atoms with Crippen molar-refractivity contribution in [3.8, 4) is 0 Å². The molecule has 1 aliphatic carbocycles. The molecule has 0 unspecified atom stereocenters. The molecule has 5 rings (SSSR count). The Hall–Kier alpha value is -1.94. The Morgan fingerprint density at radius 2 is 2.09 bits per heavy atom. The monoisotopic (exact) mass is 496 g/mol. The average Bonchev–Trinajstić information content (AvgIpc) is 3.58. The molecule has 0 radical (unpaired) electrons. The molecule has 1 aromatic heterocycles. The quantitative estimate of drug-likeness (QED) is 0.595. The Balaban J connectivity index is 1.23. The number of hydrogen-bond acceptors (Lipinski definition) is 6. The van der Waals surface area contributed by atoms with Gasteiger partial charge in [0.05, 0.1) is 24.8 Å². The highest BCUT2D eigenvalue weighted by Crippen LogP contribution is 2.50. The van der Waals surface area contributed by atoms with Crippen LogP contribution in [-0.2, 0) is 20.4 Å². The Bertz CT molecular complexity index is 931. The Morgan fingerprint density at radius 1 is 1.26 bits per heavy atom. The van der Waals surface area contributed by atoms with Gasteiger partial charge in [-0.2, -0.15) is 13.2 Å². The minimum atomic E-state index is -4.50. The van der Waals surface area contributed by atoms with Crippen molar-refractivity contribution in [3.63, 3.8) is 0 Å². The normalized spacial score (nSPS) is 35.2. The molecule has 4 heterocycles. The molecule has 4 fully saturated rings. The first-order valence-electron chi connectivity index (χ1n) is 12.8. The number of rotatable bonds is 6. The first kappa shape index (κ1) is 24.7. The molecule has 1 aromatic rings. The molecular weight excluding hydrogens is 461 g/mol. The molecule has 0 N–H and O–H groups in total. The number of halogens is 3. The van der Waals surface area contributed by atoms with Crippen LogP contribution in [0.2, 0.25) is 0 Å². The lowest BCUT2D eigenvalue weighted by Gasteiger charge is -2.40. The van der Waals surface area contributed by atoms with Gasteiger partial charge in [0.25, 0.3) is 0 Å². The van der Waals surface area contributed by atoms with E-state index in [1.54, 1.807) is 7.11 Å². The lowest BCUT2D eigenvalue weighted by atomic mass is 9.79. The molecule has 1 amide bonds. The topological polar surface area (TPSA) is 67.8 Å². The van der Waals surface area contributed by atoms with Gasteiger partial charge in [-0.15, -0.1) is 0 Å². The highest BCUT2D eigenvalue weighted by Gasteiger charge is 2.53. The molecule has 3 aliphatic heterocycles. The zero-order valence-electron chi connectivity index (χ0n) is 20.5. The predicted octanol–water partition coefficient (Wildman–Crippen LogP) is 3.92. The molecule has 2 bridgehead atoms. The van der Waals surface area contributed by atoms with Crippen LogP contribution < -0.4 is 4.90 Å². The van der Waals surface area contributed by atoms with E-state index in [4.69, 9.17) is 9.47 Å². The maximum absolute atomic E-state index is 13.9. The average molecular weight is 497 g/mol. The first-order chi connectivity index (χ1) is 16.7. The van der Waals surface area contributed by atoms with Gasteiger partial charge in [-0.25, -0.2) is 9.97 Å². The second kappa shape index (κ2) is 9.50. The van der Waals surface area contributed by atoms with Crippen LogP contribution in [0.4, 0.5) is 19.0 Å². The van der Waals surface area contributed by atoms with Crippen molar-refractivity contribution in [2.45, 2.75) is 76.2 Å². The van der Waals surface area contributed by atoms with E-state index in [-0.39, 0.29) is 29.5 Å². The number of ether oxygens (including phenoxy) is 2. The van der Waals surface area contributed by atoms with Gasteiger partial charge in [0.1, 0.15) is 17.8 Å². The molecule has 35 heavy (non-hydrogen) atoms. The summed E-state index contributed by atoms with van der Waals surface area (Å²) in [5.41, 5.74) is -1.26. The maximum atomic E-state index is 13.9. The van der Waals surface area contributed by atoms with Crippen molar-refractivity contribution in [2.24, 2.45) is 17.3 Å². The minimum Gasteiger partial charge on any atom is -0.379 e. The summed E-state index contributed by atoms with van der Waals surface area (Å²) in [6.45, 7) is 4.61. The number of methoxy groups -OCH3 is 1. The van der Waals surface area contributed by atoms with Crippen LogP contribution in [0.15, 0.2) is 12.4 Å². The molecule has 0 aromatic carbocycles. The summed E-state index contributed by atoms with van der Waals surface area (Å²) in [5, 5.41) is 0. The van der Waals surface area contributed by atoms with E-state index >= 15 is 0 Å². The Labute approximate surface area is 204 Å². The highest BCUT2D eigenvalue weighted by atomic mass is 19.4. The van der Waals surface area contributed by atoms with E-state index in [0.29, 0.717) is 37.4 Å². The summed E-state index contributed by atoms with van der Waals surface area (Å²) in [5.74, 6) is 1.52. The highest BCUT2D eigenvalue weighted by molar-refractivity contribution is 5.84. The number of nitrogens with zero attached hydrogens (tertiary/aromatic N) is 4. The standard InChI is InChI=1S/C25H35F3N4O3/c1-3-24(6-4-16(11-24)8-17-5-7-35-14-20(17)34-2)23(33)32-13-18-9-19(32)12-31(18)22-10-21(25(26,27)28)29-15-30-22/h10,15-20H,3-9,11-14H2,1-2H3/t16-,17+,18+,19+,20+,24-/m0/s1. The number of anilines is 1. The fraction of sp³-hybridized carbons (Fsp3) is 0.800. The molecule has 0 spiro atoms. The number of hydrogen-bond donors (Lipinski definition) is 0. The number of likely N-dealkylation sites (tertiary alicyclic amines) is 1. The lowest BCUT2D eigenvalue weighted by molar-refractivity contribution is -0.143. The Morgan fingerprint density at radius 3 is 2.77 bits per heavy atom. The number of amides is 1. The van der Waals surface area contributed by atoms with Crippen LogP contribution >= 0.6 is 0 Å². The van der Waals surface area contributed by atoms with Gasteiger partial charge in [-0.05, 0) is 56.8 Å². The van der Waals surface area contributed by atoms with E-state index in [2.05, 4.69) is 16.9 Å². The first-order valence-corrected chi connectivity index (χ1v) is 12.8. The van der Waals surface area contributed by atoms with Crippen LogP contribution in [0.1, 0.15) is 57.6 Å². The van der Waals surface area contributed by atoms with Crippen molar-refractivity contribution < 1.29 is 27.4 Å². The van der Waals surface area contributed by atoms with E-state index in [1.165, 1.54) is 0 Å². The zero-order valence-corrected chi connectivity index (χ0v) is 20.5. The summed E-state index contributed by atoms with van der Waals surface area (Å²) < 4.78 is 50.6. The zero-order chi connectivity index (χ0) is 24.8. The molecule has 194 valence electrons. The van der Waals surface area contributed by atoms with Crippen molar-refractivity contribution >= 4 is 11.7 Å². The summed E-state index contributed by atoms with van der Waals surface area (Å²) in [6.07, 6.45) is 3.17. The second-order valence-corrected chi connectivity index (χ2v) is 10.8. The van der Waals surface area contributed by atoms with Crippen molar-refractivity contribution in [3.05, 3.63) is 18.1 Å². The van der Waals surface area contributed by atoms with Gasteiger partial charge in [0, 0.05) is 38.3 Å². The Kier molecular flexibility index (Phi) is 6.72. The van der Waals surface area contributed by atoms with Gasteiger partial charge < -0.3 is 19.3 Å². The maximum Gasteiger partial charge on any atom is 0.433 e. The largest absolute Gasteiger partial charge is 0.433 e. The second-order valence-electron chi connectivity index (χ2n) is 10.8. The molecular formula is C25H35F3N4O3. The van der Waals surface area contributed by atoms with E-state index < -0.39 is 11.9 Å². The van der Waals surface area contributed by atoms with Crippen LogP contribution in [0.25, 0.3) is 0 Å². The van der Waals surface area contributed by atoms with Crippen molar-refractivity contribution in [2.75, 3.05) is 38.3 Å². The predicted molar refractivity (Wildman–Crippen MR) is 123 cm³/mol. The van der Waals surface area contributed by atoms with Crippen molar-refractivity contribution in [1.29, 1.82) is 0 Å². The third kappa shape index (κ3) is 4.63. The smallest absolute Gasteiger partial charge is 0.379 e. The van der Waals surface area contributed by atoms with Crippen LogP contribution in [0.5, 0.6) is 0 Å². The summed E-state index contributed by atoms with van der Waals surface area (Å²) in [6, 6.07) is 1.04. The van der Waals surface area contributed by atoms with Crippen LogP contribution in [-0.4, -0.2) is 72.4 Å². The number of fused-ring (bicyclic) bond motifs is 2. The summed E-state index contributed by atoms with van der Waals surface area (Å²) in [7, 11) is 1.75. The van der Waals surface area contributed by atoms with Gasteiger partial charge >= 0.3 is 6.18 Å². The van der Waals surface area contributed by atoms with Gasteiger partial charge in [-0.3, -0.25) is 4.79 Å². The number of aromatic nitrogens is 2. The number of carbonyl (C=O) groups excluding carboxylic acids is 1. The molecule has 1 saturated carbocycles. The fourth-order valence-corrected chi connectivity index (χ4v) is 6.98. The molecule has 7 nitrogen and oxygen atoms in total. The molecule has 3 saturated heterocycles. The van der Waals surface area contributed by atoms with Crippen molar-refractivity contribution in [1.82, 2.24) is 14.9 Å². The number of alkyl halides is 3. The van der Waals surface area contributed by atoms with E-state index in [1.807, 2.05) is 9.80 Å². The SMILES string of the molecule is CC[C@]1(C(=O)N2C[C@H]3C[C@@H]2CN3c2cc(C(F)(F)F)ncn2)CC[C@@H](C[C@H]2CCOC[C@H]2OC)C1. The van der Waals surface area contributed by atoms with Crippen LogP contribution in [0, 0.1) is 17.3 Å².